The highest BCUT2D eigenvalue weighted by molar-refractivity contribution is 5.76. The van der Waals surface area contributed by atoms with Gasteiger partial charge in [-0.2, -0.15) is 0 Å². The molecule has 3 rings (SSSR count). The van der Waals surface area contributed by atoms with Crippen LogP contribution in [0.1, 0.15) is 16.7 Å². The average molecular weight is 414 g/mol. The van der Waals surface area contributed by atoms with Crippen LogP contribution in [0.25, 0.3) is 0 Å². The summed E-state index contributed by atoms with van der Waals surface area (Å²) in [6.07, 6.45) is 0.879. The Balaban J connectivity index is 1.41. The Bertz CT molecular complexity index is 818. The van der Waals surface area contributed by atoms with E-state index in [0.717, 1.165) is 50.6 Å². The second kappa shape index (κ2) is 11.0. The number of amides is 1. The molecule has 1 fully saturated rings. The van der Waals surface area contributed by atoms with E-state index >= 15 is 0 Å². The van der Waals surface area contributed by atoms with Crippen molar-refractivity contribution in [2.75, 3.05) is 53.5 Å². The van der Waals surface area contributed by atoms with Crippen molar-refractivity contribution in [3.63, 3.8) is 0 Å². The Morgan fingerprint density at radius 3 is 2.27 bits per heavy atom. The molecular weight excluding hydrogens is 378 g/mol. The maximum atomic E-state index is 12.3. The number of hydrogen-bond acceptors (Lipinski definition) is 3. The minimum atomic E-state index is 0.153. The van der Waals surface area contributed by atoms with Gasteiger partial charge in [0.2, 0.25) is 0 Å². The van der Waals surface area contributed by atoms with E-state index in [1.54, 1.807) is 19.1 Å². The fourth-order valence-electron chi connectivity index (χ4n) is 4.07. The normalized spacial score (nSPS) is 18.6. The smallest absolute Gasteiger partial charge is 0.275 e. The van der Waals surface area contributed by atoms with Crippen molar-refractivity contribution in [1.29, 1.82) is 0 Å². The van der Waals surface area contributed by atoms with Crippen LogP contribution < -0.4 is 24.6 Å². The zero-order valence-electron chi connectivity index (χ0n) is 18.4. The molecule has 1 heterocycles. The number of carbonyl (C=O) groups excluding carboxylic acids is 1. The number of piperazine rings is 1. The van der Waals surface area contributed by atoms with Gasteiger partial charge in [0, 0.05) is 12.1 Å². The Hall–Kier alpha value is -2.57. The van der Waals surface area contributed by atoms with Crippen molar-refractivity contribution in [1.82, 2.24) is 5.32 Å². The maximum Gasteiger partial charge on any atom is 0.275 e. The summed E-state index contributed by atoms with van der Waals surface area (Å²) in [5.74, 6) is 1.72. The Labute approximate surface area is 179 Å². The molecule has 6 heteroatoms. The largest absolute Gasteiger partial charge is 0.493 e. The van der Waals surface area contributed by atoms with Crippen LogP contribution in [0.2, 0.25) is 0 Å². The lowest BCUT2D eigenvalue weighted by atomic mass is 10.1. The molecule has 0 atom stereocenters. The number of aryl methyl sites for hydroxylation is 1. The van der Waals surface area contributed by atoms with E-state index in [2.05, 4.69) is 36.5 Å². The number of ether oxygens (including phenoxy) is 2. The van der Waals surface area contributed by atoms with Gasteiger partial charge in [0.05, 0.1) is 14.2 Å². The van der Waals surface area contributed by atoms with Gasteiger partial charge in [-0.1, -0.05) is 30.3 Å². The third kappa shape index (κ3) is 6.21. The summed E-state index contributed by atoms with van der Waals surface area (Å²) in [6, 6.07) is 14.4. The molecule has 2 aromatic rings. The van der Waals surface area contributed by atoms with E-state index in [9.17, 15) is 4.79 Å². The second-order valence-corrected chi connectivity index (χ2v) is 8.07. The van der Waals surface area contributed by atoms with Gasteiger partial charge in [0.15, 0.2) is 18.0 Å². The number of nitrogens with one attached hydrogen (secondary N) is 3. The zero-order valence-corrected chi connectivity index (χ0v) is 18.4. The Morgan fingerprint density at radius 2 is 1.60 bits per heavy atom. The molecule has 0 aliphatic carbocycles. The number of hydrogen-bond donors (Lipinski definition) is 3. The summed E-state index contributed by atoms with van der Waals surface area (Å²) < 4.78 is 10.9. The first kappa shape index (κ1) is 22.1. The van der Waals surface area contributed by atoms with E-state index in [-0.39, 0.29) is 5.91 Å². The Kier molecular flexibility index (Phi) is 8.11. The van der Waals surface area contributed by atoms with Gasteiger partial charge in [0.1, 0.15) is 32.7 Å². The molecule has 0 aromatic heterocycles. The fourth-order valence-corrected chi connectivity index (χ4v) is 4.07. The Morgan fingerprint density at radius 1 is 0.967 bits per heavy atom. The predicted octanol–water partition coefficient (Wildman–Crippen LogP) is -0.345. The lowest BCUT2D eigenvalue weighted by molar-refractivity contribution is -1.02. The maximum absolute atomic E-state index is 12.3. The van der Waals surface area contributed by atoms with E-state index in [1.807, 2.05) is 18.2 Å². The van der Waals surface area contributed by atoms with Crippen LogP contribution in [-0.4, -0.2) is 59.4 Å². The molecule has 3 N–H and O–H groups in total. The summed E-state index contributed by atoms with van der Waals surface area (Å²) in [4.78, 5) is 15.2. The van der Waals surface area contributed by atoms with Crippen LogP contribution in [0.15, 0.2) is 42.5 Å². The van der Waals surface area contributed by atoms with E-state index in [1.165, 1.54) is 21.6 Å². The van der Waals surface area contributed by atoms with Crippen molar-refractivity contribution >= 4 is 5.91 Å². The summed E-state index contributed by atoms with van der Waals surface area (Å²) in [6.45, 7) is 8.55. The third-order valence-electron chi connectivity index (χ3n) is 5.94. The van der Waals surface area contributed by atoms with Crippen molar-refractivity contribution in [3.8, 4) is 11.5 Å². The van der Waals surface area contributed by atoms with E-state index in [4.69, 9.17) is 9.47 Å². The first-order valence-corrected chi connectivity index (χ1v) is 10.8. The quantitative estimate of drug-likeness (QED) is 0.527. The van der Waals surface area contributed by atoms with Crippen LogP contribution in [0, 0.1) is 6.92 Å². The molecule has 162 valence electrons. The van der Waals surface area contributed by atoms with Crippen molar-refractivity contribution in [2.45, 2.75) is 19.9 Å². The number of benzene rings is 2. The minimum Gasteiger partial charge on any atom is -0.493 e. The molecule has 0 bridgehead atoms. The van der Waals surface area contributed by atoms with Crippen molar-refractivity contribution in [3.05, 3.63) is 59.2 Å². The topological polar surface area (TPSA) is 56.4 Å². The van der Waals surface area contributed by atoms with Crippen molar-refractivity contribution in [2.24, 2.45) is 0 Å². The number of carbonyl (C=O) groups is 1. The van der Waals surface area contributed by atoms with Crippen LogP contribution in [0.5, 0.6) is 11.5 Å². The average Bonchev–Trinajstić information content (AvgIpc) is 2.77. The molecule has 30 heavy (non-hydrogen) atoms. The molecule has 2 aromatic carbocycles. The van der Waals surface area contributed by atoms with Gasteiger partial charge in [-0.15, -0.1) is 0 Å². The van der Waals surface area contributed by atoms with Crippen LogP contribution in [-0.2, 0) is 17.8 Å². The number of methoxy groups -OCH3 is 2. The van der Waals surface area contributed by atoms with Gasteiger partial charge in [-0.3, -0.25) is 4.79 Å². The van der Waals surface area contributed by atoms with Gasteiger partial charge in [-0.05, 0) is 36.6 Å². The highest BCUT2D eigenvalue weighted by Crippen LogP contribution is 2.29. The summed E-state index contributed by atoms with van der Waals surface area (Å²) >= 11 is 0. The summed E-state index contributed by atoms with van der Waals surface area (Å²) in [5.41, 5.74) is 3.78. The van der Waals surface area contributed by atoms with E-state index < -0.39 is 0 Å². The zero-order chi connectivity index (χ0) is 21.3. The van der Waals surface area contributed by atoms with Gasteiger partial charge < -0.3 is 24.6 Å². The molecule has 1 aliphatic rings. The standard InChI is InChI=1S/C24H33N3O3/c1-19-15-22(29-2)23(30-3)16-21(19)17-26-11-13-27(14-12-26)18-24(28)25-10-9-20-7-5-4-6-8-20/h4-8,15-16H,9-14,17-18H2,1-3H3,(H,25,28)/p+2. The SMILES string of the molecule is COc1cc(C)c(C[NH+]2CC[NH+](CC(=O)NCCc3ccccc3)CC2)cc1OC. The van der Waals surface area contributed by atoms with Crippen LogP contribution in [0.3, 0.4) is 0 Å². The molecule has 1 amide bonds. The highest BCUT2D eigenvalue weighted by Gasteiger charge is 2.25. The molecule has 1 aliphatic heterocycles. The highest BCUT2D eigenvalue weighted by atomic mass is 16.5. The first-order chi connectivity index (χ1) is 14.6. The molecule has 0 radical (unpaired) electrons. The molecular formula is C24H35N3O3+2. The fraction of sp³-hybridized carbons (Fsp3) is 0.458. The van der Waals surface area contributed by atoms with Gasteiger partial charge in [-0.25, -0.2) is 0 Å². The van der Waals surface area contributed by atoms with Gasteiger partial charge in [0.25, 0.3) is 5.91 Å². The molecule has 1 saturated heterocycles. The molecule has 0 spiro atoms. The monoisotopic (exact) mass is 413 g/mol. The van der Waals surface area contributed by atoms with Crippen LogP contribution >= 0.6 is 0 Å². The van der Waals surface area contributed by atoms with Gasteiger partial charge >= 0.3 is 0 Å². The third-order valence-corrected chi connectivity index (χ3v) is 5.94. The molecule has 0 saturated carbocycles. The first-order valence-electron chi connectivity index (χ1n) is 10.8. The minimum absolute atomic E-state index is 0.153. The lowest BCUT2D eigenvalue weighted by Gasteiger charge is -2.29. The molecule has 0 unspecified atom stereocenters. The second-order valence-electron chi connectivity index (χ2n) is 8.07. The number of quaternary nitrogens is 2. The predicted molar refractivity (Wildman–Crippen MR) is 117 cm³/mol. The van der Waals surface area contributed by atoms with Crippen molar-refractivity contribution < 1.29 is 24.1 Å². The van der Waals surface area contributed by atoms with E-state index in [0.29, 0.717) is 13.1 Å². The summed E-state index contributed by atoms with van der Waals surface area (Å²) in [5, 5.41) is 3.07. The lowest BCUT2D eigenvalue weighted by Crippen LogP contribution is -3.28. The van der Waals surface area contributed by atoms with Crippen LogP contribution in [0.4, 0.5) is 0 Å². The molecule has 6 nitrogen and oxygen atoms in total. The summed E-state index contributed by atoms with van der Waals surface area (Å²) in [7, 11) is 3.35. The number of rotatable bonds is 9.